The average Bonchev–Trinajstić information content (AvgIpc) is 2.23. The Bertz CT molecular complexity index is 141. The molecule has 0 saturated heterocycles. The first kappa shape index (κ1) is 8.13. The van der Waals surface area contributed by atoms with Gasteiger partial charge >= 0.3 is 0 Å². The molecule has 0 amide bonds. The minimum Gasteiger partial charge on any atom is -0.348 e. The van der Waals surface area contributed by atoms with Crippen molar-refractivity contribution in [2.75, 3.05) is 0 Å². The summed E-state index contributed by atoms with van der Waals surface area (Å²) in [6, 6.07) is 0. The van der Waals surface area contributed by atoms with E-state index in [9.17, 15) is 0 Å². The Kier molecular flexibility index (Phi) is 3.66. The minimum absolute atomic E-state index is 1.08. The molecule has 1 heterocycles. The van der Waals surface area contributed by atoms with E-state index in [4.69, 9.17) is 0 Å². The monoisotopic (exact) mass is 128 g/mol. The smallest absolute Gasteiger partial charge is 0.0925 e. The van der Waals surface area contributed by atoms with Gasteiger partial charge in [-0.2, -0.15) is 0 Å². The van der Waals surface area contributed by atoms with Crippen LogP contribution in [-0.2, 0) is 0 Å². The molecule has 0 aliphatic carbocycles. The van der Waals surface area contributed by atoms with Gasteiger partial charge in [0.05, 0.1) is 12.0 Å². The molecule has 0 unspecified atom stereocenters. The van der Waals surface area contributed by atoms with Gasteiger partial charge in [0, 0.05) is 5.69 Å². The molecule has 0 saturated carbocycles. The van der Waals surface area contributed by atoms with Crippen molar-refractivity contribution in [2.45, 2.75) is 13.8 Å². The number of hydrogen-bond acceptors (Lipinski definition) is 3. The fourth-order valence-electron chi connectivity index (χ4n) is 0.427. The summed E-state index contributed by atoms with van der Waals surface area (Å²) in [7, 11) is 0. The van der Waals surface area contributed by atoms with E-state index in [0.717, 1.165) is 11.4 Å². The van der Waals surface area contributed by atoms with Crippen molar-refractivity contribution in [1.82, 2.24) is 9.97 Å². The highest BCUT2D eigenvalue weighted by atomic mass is 15.0. The van der Waals surface area contributed by atoms with Crippen molar-refractivity contribution in [1.29, 1.82) is 0 Å². The Morgan fingerprint density at radius 3 is 2.11 bits per heavy atom. The molecule has 9 heavy (non-hydrogen) atoms. The van der Waals surface area contributed by atoms with Gasteiger partial charge in [-0.15, -0.1) is 0 Å². The van der Waals surface area contributed by atoms with Crippen LogP contribution in [0.3, 0.4) is 0 Å². The molecule has 4 nitrogen and oxygen atoms in total. The van der Waals surface area contributed by atoms with Crippen LogP contribution < -0.4 is 11.7 Å². The fraction of sp³-hybridized carbons (Fsp3) is 0.400. The normalized spacial score (nSPS) is 8.00. The van der Waals surface area contributed by atoms with Crippen LogP contribution in [0, 0.1) is 13.8 Å². The number of nitrogens with two attached hydrogens (primary N) is 2. The third kappa shape index (κ3) is 2.25. The van der Waals surface area contributed by atoms with E-state index in [2.05, 4.69) is 21.7 Å². The van der Waals surface area contributed by atoms with Gasteiger partial charge in [0.1, 0.15) is 0 Å². The summed E-state index contributed by atoms with van der Waals surface area (Å²) >= 11 is 0. The van der Waals surface area contributed by atoms with E-state index in [1.807, 2.05) is 13.8 Å². The number of aromatic amines is 1. The maximum atomic E-state index is 4.00. The van der Waals surface area contributed by atoms with Gasteiger partial charge in [-0.1, -0.05) is 0 Å². The van der Waals surface area contributed by atoms with Gasteiger partial charge in [0.15, 0.2) is 0 Å². The molecule has 0 spiro atoms. The topological polar surface area (TPSA) is 80.7 Å². The Balaban J connectivity index is 0.000000291. The summed E-state index contributed by atoms with van der Waals surface area (Å²) in [5, 5.41) is 0. The lowest BCUT2D eigenvalue weighted by Gasteiger charge is -1.79. The maximum absolute atomic E-state index is 4.00. The van der Waals surface area contributed by atoms with Gasteiger partial charge in [-0.25, -0.2) is 4.98 Å². The van der Waals surface area contributed by atoms with Gasteiger partial charge in [-0.3, -0.25) is 11.7 Å². The number of hydrogen-bond donors (Lipinski definition) is 3. The number of rotatable bonds is 0. The van der Waals surface area contributed by atoms with Crippen molar-refractivity contribution in [2.24, 2.45) is 11.7 Å². The average molecular weight is 128 g/mol. The number of imidazole rings is 1. The molecule has 52 valence electrons. The maximum Gasteiger partial charge on any atom is 0.0925 e. The number of hydrazine groups is 1. The van der Waals surface area contributed by atoms with Crippen molar-refractivity contribution in [3.05, 3.63) is 17.7 Å². The molecule has 4 heteroatoms. The van der Waals surface area contributed by atoms with Gasteiger partial charge in [-0.05, 0) is 13.8 Å². The van der Waals surface area contributed by atoms with Crippen LogP contribution >= 0.6 is 0 Å². The van der Waals surface area contributed by atoms with Crippen molar-refractivity contribution < 1.29 is 0 Å². The molecule has 0 radical (unpaired) electrons. The van der Waals surface area contributed by atoms with Crippen LogP contribution in [0.4, 0.5) is 0 Å². The van der Waals surface area contributed by atoms with E-state index >= 15 is 0 Å². The second-order valence-corrected chi connectivity index (χ2v) is 1.61. The Hall–Kier alpha value is -0.870. The van der Waals surface area contributed by atoms with Crippen LogP contribution in [0.2, 0.25) is 0 Å². The molecular formula is C5H12N4. The summed E-state index contributed by atoms with van der Waals surface area (Å²) in [6.07, 6.45) is 1.70. The Morgan fingerprint density at radius 1 is 1.44 bits per heavy atom. The summed E-state index contributed by atoms with van der Waals surface area (Å²) in [5.74, 6) is 8.00. The van der Waals surface area contributed by atoms with Gasteiger partial charge < -0.3 is 4.98 Å². The first-order chi connectivity index (χ1) is 4.30. The molecule has 0 atom stereocenters. The largest absolute Gasteiger partial charge is 0.348 e. The third-order valence-corrected chi connectivity index (χ3v) is 1.08. The minimum atomic E-state index is 1.08. The zero-order valence-electron chi connectivity index (χ0n) is 5.68. The highest BCUT2D eigenvalue weighted by molar-refractivity contribution is 5.04. The third-order valence-electron chi connectivity index (χ3n) is 1.08. The van der Waals surface area contributed by atoms with E-state index in [0.29, 0.717) is 0 Å². The molecule has 5 N–H and O–H groups in total. The molecule has 1 aromatic rings. The van der Waals surface area contributed by atoms with Crippen molar-refractivity contribution >= 4 is 0 Å². The number of aryl methyl sites for hydroxylation is 2. The van der Waals surface area contributed by atoms with Crippen LogP contribution in [0.5, 0.6) is 0 Å². The Labute approximate surface area is 54.2 Å². The van der Waals surface area contributed by atoms with Crippen LogP contribution in [0.1, 0.15) is 11.4 Å². The number of aromatic nitrogens is 2. The highest BCUT2D eigenvalue weighted by Gasteiger charge is 1.87. The molecule has 0 aliphatic rings. The number of H-pyrrole nitrogens is 1. The standard InChI is InChI=1S/C5H8N2.H4N2/c1-4-5(2)7-3-6-4;1-2/h3H,1-2H3,(H,6,7);1-2H2. The molecular weight excluding hydrogens is 116 g/mol. The van der Waals surface area contributed by atoms with Crippen LogP contribution in [0.25, 0.3) is 0 Å². The lowest BCUT2D eigenvalue weighted by molar-refractivity contribution is 1.22. The van der Waals surface area contributed by atoms with Crippen molar-refractivity contribution in [3.8, 4) is 0 Å². The quantitative estimate of drug-likeness (QED) is 0.335. The number of nitrogens with zero attached hydrogens (tertiary/aromatic N) is 1. The molecule has 0 bridgehead atoms. The van der Waals surface area contributed by atoms with Gasteiger partial charge in [0.25, 0.3) is 0 Å². The molecule has 1 aromatic heterocycles. The second-order valence-electron chi connectivity index (χ2n) is 1.61. The van der Waals surface area contributed by atoms with Gasteiger partial charge in [0.2, 0.25) is 0 Å². The zero-order chi connectivity index (χ0) is 7.28. The second kappa shape index (κ2) is 4.05. The molecule has 0 aromatic carbocycles. The van der Waals surface area contributed by atoms with Crippen molar-refractivity contribution in [3.63, 3.8) is 0 Å². The SMILES string of the molecule is Cc1nc[nH]c1C.NN. The zero-order valence-corrected chi connectivity index (χ0v) is 5.68. The van der Waals surface area contributed by atoms with Crippen LogP contribution in [0.15, 0.2) is 6.33 Å². The molecule has 0 fully saturated rings. The first-order valence-electron chi connectivity index (χ1n) is 2.60. The van der Waals surface area contributed by atoms with E-state index in [1.165, 1.54) is 0 Å². The van der Waals surface area contributed by atoms with Crippen LogP contribution in [-0.4, -0.2) is 9.97 Å². The van der Waals surface area contributed by atoms with E-state index in [1.54, 1.807) is 6.33 Å². The van der Waals surface area contributed by atoms with E-state index < -0.39 is 0 Å². The Morgan fingerprint density at radius 2 is 2.00 bits per heavy atom. The first-order valence-corrected chi connectivity index (χ1v) is 2.60. The van der Waals surface area contributed by atoms with E-state index in [-0.39, 0.29) is 0 Å². The predicted molar refractivity (Wildman–Crippen MR) is 36.4 cm³/mol. The summed E-state index contributed by atoms with van der Waals surface area (Å²) in [5.41, 5.74) is 2.24. The lowest BCUT2D eigenvalue weighted by atomic mass is 10.4. The summed E-state index contributed by atoms with van der Waals surface area (Å²) < 4.78 is 0. The fourth-order valence-corrected chi connectivity index (χ4v) is 0.427. The predicted octanol–water partition coefficient (Wildman–Crippen LogP) is -0.155. The lowest BCUT2D eigenvalue weighted by Crippen LogP contribution is -2.02. The summed E-state index contributed by atoms with van der Waals surface area (Å²) in [4.78, 5) is 6.92. The highest BCUT2D eigenvalue weighted by Crippen LogP contribution is 1.94. The number of nitrogens with one attached hydrogen (secondary N) is 1. The summed E-state index contributed by atoms with van der Waals surface area (Å²) in [6.45, 7) is 3.98. The molecule has 0 aliphatic heterocycles. The molecule has 1 rings (SSSR count).